The zero-order valence-corrected chi connectivity index (χ0v) is 25.8. The van der Waals surface area contributed by atoms with Gasteiger partial charge in [-0.1, -0.05) is 61.2 Å². The predicted octanol–water partition coefficient (Wildman–Crippen LogP) is 6.19. The molecule has 4 rings (SSSR count). The number of pyridine rings is 1. The summed E-state index contributed by atoms with van der Waals surface area (Å²) in [6, 6.07) is 16.9. The van der Waals surface area contributed by atoms with Crippen molar-refractivity contribution in [2.24, 2.45) is 5.73 Å². The fourth-order valence-electron chi connectivity index (χ4n) is 5.48. The van der Waals surface area contributed by atoms with Gasteiger partial charge in [-0.2, -0.15) is 0 Å². The van der Waals surface area contributed by atoms with Gasteiger partial charge in [0.15, 0.2) is 0 Å². The van der Waals surface area contributed by atoms with Crippen LogP contribution in [0.4, 0.5) is 0 Å². The Balaban J connectivity index is 0.00000484. The second-order valence-electron chi connectivity index (χ2n) is 11.0. The van der Waals surface area contributed by atoms with Crippen molar-refractivity contribution in [3.8, 4) is 28.1 Å². The number of rotatable bonds is 12. The number of hydrogen-bond acceptors (Lipinski definition) is 6. The van der Waals surface area contributed by atoms with Crippen LogP contribution in [-0.4, -0.2) is 59.7 Å². The average molecular weight is 616 g/mol. The highest BCUT2D eigenvalue weighted by atomic mass is 35.5. The van der Waals surface area contributed by atoms with Gasteiger partial charge in [0.2, 0.25) is 0 Å². The van der Waals surface area contributed by atoms with Crippen LogP contribution < -0.4 is 15.8 Å². The number of nitrogens with two attached hydrogens (primary N) is 1. The van der Waals surface area contributed by atoms with Crippen LogP contribution in [0.25, 0.3) is 22.4 Å². The Hall–Kier alpha value is -3.17. The van der Waals surface area contributed by atoms with E-state index in [0.29, 0.717) is 42.5 Å². The lowest BCUT2D eigenvalue weighted by molar-refractivity contribution is -0.139. The number of carboxylic acid groups (broad SMARTS) is 1. The summed E-state index contributed by atoms with van der Waals surface area (Å²) in [5.41, 5.74) is 9.53. The maximum absolute atomic E-state index is 13.6. The number of carbonyl (C=O) groups is 2. The molecule has 0 spiro atoms. The molecule has 10 heteroatoms. The van der Waals surface area contributed by atoms with Gasteiger partial charge in [0.1, 0.15) is 11.4 Å². The fraction of sp³-hybridized carbons (Fsp3) is 0.406. The number of nitrogens with zero attached hydrogens (tertiary/aromatic N) is 2. The maximum atomic E-state index is 13.6. The van der Waals surface area contributed by atoms with Crippen LogP contribution in [0.15, 0.2) is 54.6 Å². The Bertz CT molecular complexity index is 1380. The highest BCUT2D eigenvalue weighted by Gasteiger charge is 2.36. The maximum Gasteiger partial charge on any atom is 0.305 e. The number of carbonyl (C=O) groups excluding carboxylic acids is 1. The summed E-state index contributed by atoms with van der Waals surface area (Å²) >= 11 is 6.49. The van der Waals surface area contributed by atoms with Crippen LogP contribution in [0.2, 0.25) is 5.02 Å². The van der Waals surface area contributed by atoms with Gasteiger partial charge in [0.25, 0.3) is 5.91 Å². The topological polar surface area (TPSA) is 118 Å². The molecule has 3 aromatic rings. The normalized spacial score (nSPS) is 14.2. The third-order valence-electron chi connectivity index (χ3n) is 7.55. The molecule has 4 N–H and O–H groups in total. The number of amides is 1. The third kappa shape index (κ3) is 8.44. The number of carboxylic acids is 1. The van der Waals surface area contributed by atoms with Gasteiger partial charge < -0.3 is 25.8 Å². The zero-order valence-electron chi connectivity index (χ0n) is 24.2. The van der Waals surface area contributed by atoms with E-state index in [9.17, 15) is 14.7 Å². The van der Waals surface area contributed by atoms with Crippen molar-refractivity contribution in [3.63, 3.8) is 0 Å². The number of hydrogen-bond donors (Lipinski definition) is 3. The van der Waals surface area contributed by atoms with Crippen molar-refractivity contribution < 1.29 is 19.4 Å². The van der Waals surface area contributed by atoms with E-state index in [2.05, 4.69) is 10.2 Å². The van der Waals surface area contributed by atoms with Gasteiger partial charge in [-0.15, -0.1) is 12.4 Å². The molecule has 226 valence electrons. The molecule has 8 nitrogen and oxygen atoms in total. The van der Waals surface area contributed by atoms with Gasteiger partial charge in [-0.25, -0.2) is 4.98 Å². The number of aromatic nitrogens is 1. The molecule has 0 saturated heterocycles. The molecule has 0 unspecified atom stereocenters. The molecular formula is C32H40Cl2N4O4. The zero-order chi connectivity index (χ0) is 29.4. The first-order chi connectivity index (χ1) is 19.7. The molecule has 0 radical (unpaired) electrons. The average Bonchev–Trinajstić information content (AvgIpc) is 2.95. The minimum absolute atomic E-state index is 0. The Morgan fingerprint density at radius 1 is 1.07 bits per heavy atom. The molecule has 1 aromatic heterocycles. The van der Waals surface area contributed by atoms with E-state index in [0.717, 1.165) is 54.5 Å². The molecule has 42 heavy (non-hydrogen) atoms. The number of ether oxygens (including phenoxy) is 1. The fourth-order valence-corrected chi connectivity index (χ4v) is 5.65. The molecule has 0 atom stereocenters. The van der Waals surface area contributed by atoms with Gasteiger partial charge in [0, 0.05) is 24.2 Å². The van der Waals surface area contributed by atoms with Crippen LogP contribution in [0.1, 0.15) is 61.0 Å². The number of nitrogens with one attached hydrogen (secondary N) is 1. The summed E-state index contributed by atoms with van der Waals surface area (Å²) in [5, 5.41) is 13.1. The van der Waals surface area contributed by atoms with Crippen molar-refractivity contribution >= 4 is 35.9 Å². The second kappa shape index (κ2) is 15.3. The van der Waals surface area contributed by atoms with Crippen molar-refractivity contribution in [1.82, 2.24) is 15.2 Å². The molecule has 1 fully saturated rings. The lowest BCUT2D eigenvalue weighted by Crippen LogP contribution is -2.51. The monoisotopic (exact) mass is 614 g/mol. The van der Waals surface area contributed by atoms with Crippen LogP contribution in [0.3, 0.4) is 0 Å². The quantitative estimate of drug-likeness (QED) is 0.208. The Morgan fingerprint density at radius 2 is 1.81 bits per heavy atom. The van der Waals surface area contributed by atoms with Crippen LogP contribution >= 0.6 is 24.0 Å². The van der Waals surface area contributed by atoms with Gasteiger partial charge in [-0.05, 0) is 68.8 Å². The number of aliphatic carboxylic acids is 1. The van der Waals surface area contributed by atoms with Crippen molar-refractivity contribution in [2.75, 3.05) is 27.2 Å². The Labute approximate surface area is 259 Å². The first-order valence-corrected chi connectivity index (χ1v) is 14.5. The van der Waals surface area contributed by atoms with E-state index in [1.807, 2.05) is 56.6 Å². The summed E-state index contributed by atoms with van der Waals surface area (Å²) in [6.45, 7) is 1.74. The predicted molar refractivity (Wildman–Crippen MR) is 169 cm³/mol. The summed E-state index contributed by atoms with van der Waals surface area (Å²) in [5.74, 6) is -0.767. The second-order valence-corrected chi connectivity index (χ2v) is 11.4. The largest absolute Gasteiger partial charge is 0.492 e. The van der Waals surface area contributed by atoms with E-state index in [1.165, 1.54) is 0 Å². The lowest BCUT2D eigenvalue weighted by Gasteiger charge is -2.36. The highest BCUT2D eigenvalue weighted by Crippen LogP contribution is 2.37. The van der Waals surface area contributed by atoms with Crippen molar-refractivity contribution in [2.45, 2.75) is 57.0 Å². The van der Waals surface area contributed by atoms with E-state index in [1.54, 1.807) is 12.1 Å². The first-order valence-electron chi connectivity index (χ1n) is 14.1. The van der Waals surface area contributed by atoms with E-state index < -0.39 is 11.5 Å². The van der Waals surface area contributed by atoms with Gasteiger partial charge >= 0.3 is 5.97 Å². The molecule has 1 aliphatic carbocycles. The highest BCUT2D eigenvalue weighted by molar-refractivity contribution is 6.32. The SMILES string of the molecule is CN(C)CCCOc1cc(-c2nc(C(=O)NC3(CC(=O)O)CCCCC3)ccc2-c2ccccc2CN)ccc1Cl.Cl. The standard InChI is InChI=1S/C32H39ClN4O4.ClH/c1-37(2)17-8-18-41-28-19-22(11-13-26(28)33)30-25(24-10-5-4-9-23(24)21-34)12-14-27(35-30)31(40)36-32(20-29(38)39)15-6-3-7-16-32;/h4-5,9-14,19H,3,6-8,15-18,20-21,34H2,1-2H3,(H,36,40)(H,38,39);1H. The van der Waals surface area contributed by atoms with E-state index >= 15 is 0 Å². The smallest absolute Gasteiger partial charge is 0.305 e. The molecule has 2 aromatic carbocycles. The van der Waals surface area contributed by atoms with Crippen molar-refractivity contribution in [1.29, 1.82) is 0 Å². The van der Waals surface area contributed by atoms with Crippen LogP contribution in [0, 0.1) is 0 Å². The number of halogens is 2. The molecule has 0 bridgehead atoms. The summed E-state index contributed by atoms with van der Waals surface area (Å²) < 4.78 is 6.03. The minimum Gasteiger partial charge on any atom is -0.492 e. The van der Waals surface area contributed by atoms with Crippen LogP contribution in [0.5, 0.6) is 5.75 Å². The van der Waals surface area contributed by atoms with E-state index in [-0.39, 0.29) is 30.4 Å². The lowest BCUT2D eigenvalue weighted by atomic mass is 9.79. The van der Waals surface area contributed by atoms with Gasteiger partial charge in [0.05, 0.1) is 29.3 Å². The molecule has 1 amide bonds. The van der Waals surface area contributed by atoms with Gasteiger partial charge in [-0.3, -0.25) is 9.59 Å². The molecule has 1 heterocycles. The summed E-state index contributed by atoms with van der Waals surface area (Å²) in [7, 11) is 4.03. The number of benzene rings is 2. The molecule has 0 aliphatic heterocycles. The molecular weight excluding hydrogens is 575 g/mol. The molecule has 1 saturated carbocycles. The Morgan fingerprint density at radius 3 is 2.50 bits per heavy atom. The van der Waals surface area contributed by atoms with E-state index in [4.69, 9.17) is 27.1 Å². The summed E-state index contributed by atoms with van der Waals surface area (Å²) in [6.07, 6.45) is 4.78. The molecule has 1 aliphatic rings. The Kier molecular flexibility index (Phi) is 12.2. The third-order valence-corrected chi connectivity index (χ3v) is 7.86. The first kappa shape index (κ1) is 33.3. The summed E-state index contributed by atoms with van der Waals surface area (Å²) in [4.78, 5) is 32.2. The van der Waals surface area contributed by atoms with Crippen molar-refractivity contribution in [3.05, 3.63) is 70.9 Å². The van der Waals surface area contributed by atoms with Crippen LogP contribution in [-0.2, 0) is 11.3 Å². The minimum atomic E-state index is -0.922.